The summed E-state index contributed by atoms with van der Waals surface area (Å²) in [7, 11) is -3.61. The van der Waals surface area contributed by atoms with E-state index in [1.54, 1.807) is 38.1 Å². The summed E-state index contributed by atoms with van der Waals surface area (Å²) in [5.74, 6) is 0.256. The van der Waals surface area contributed by atoms with Crippen molar-refractivity contribution in [2.75, 3.05) is 0 Å². The molecule has 2 rings (SSSR count). The largest absolute Gasteiger partial charge is 0.507 e. The number of phenolic OH excluding ortho intramolecular Hbond substituents is 1. The van der Waals surface area contributed by atoms with Crippen molar-refractivity contribution < 1.29 is 13.5 Å². The minimum atomic E-state index is -3.61. The van der Waals surface area contributed by atoms with Crippen molar-refractivity contribution in [1.82, 2.24) is 0 Å². The van der Waals surface area contributed by atoms with Gasteiger partial charge < -0.3 is 5.11 Å². The third-order valence-corrected chi connectivity index (χ3v) is 7.62. The van der Waals surface area contributed by atoms with Gasteiger partial charge in [-0.15, -0.1) is 0 Å². The van der Waals surface area contributed by atoms with E-state index in [1.807, 2.05) is 59.7 Å². The van der Waals surface area contributed by atoms with Crippen LogP contribution in [0.25, 0.3) is 0 Å². The molecule has 0 aliphatic heterocycles. The molecule has 0 spiro atoms. The van der Waals surface area contributed by atoms with E-state index in [9.17, 15) is 13.5 Å². The van der Waals surface area contributed by atoms with Crippen LogP contribution in [0.5, 0.6) is 5.75 Å². The molecule has 0 aromatic heterocycles. The summed E-state index contributed by atoms with van der Waals surface area (Å²) in [4.78, 5) is 0.303. The first-order chi connectivity index (χ1) is 12.1. The maximum absolute atomic E-state index is 13.4. The lowest BCUT2D eigenvalue weighted by Crippen LogP contribution is -2.31. The maximum atomic E-state index is 13.4. The molecule has 27 heavy (non-hydrogen) atoms. The van der Waals surface area contributed by atoms with E-state index in [0.29, 0.717) is 10.5 Å². The Kier molecular flexibility index (Phi) is 5.30. The molecule has 2 aromatic rings. The number of hydrogen-bond acceptors (Lipinski definition) is 3. The smallest absolute Gasteiger partial charge is 0.187 e. The molecule has 0 heterocycles. The van der Waals surface area contributed by atoms with Crippen LogP contribution in [0.4, 0.5) is 0 Å². The van der Waals surface area contributed by atoms with Gasteiger partial charge in [0, 0.05) is 0 Å². The van der Waals surface area contributed by atoms with E-state index in [1.165, 1.54) is 0 Å². The van der Waals surface area contributed by atoms with Gasteiger partial charge in [-0.2, -0.15) is 0 Å². The molecule has 2 aromatic carbocycles. The number of sulfone groups is 1. The molecule has 0 saturated carbocycles. The second-order valence-electron chi connectivity index (χ2n) is 9.75. The van der Waals surface area contributed by atoms with Crippen LogP contribution in [-0.2, 0) is 25.4 Å². The van der Waals surface area contributed by atoms with Crippen molar-refractivity contribution in [3.63, 3.8) is 0 Å². The van der Waals surface area contributed by atoms with Crippen LogP contribution in [0.15, 0.2) is 47.4 Å². The minimum absolute atomic E-state index is 0.256. The first-order valence-electron chi connectivity index (χ1n) is 9.28. The predicted molar refractivity (Wildman–Crippen MR) is 112 cm³/mol. The molecule has 0 fully saturated rings. The van der Waals surface area contributed by atoms with Crippen LogP contribution in [0.3, 0.4) is 0 Å². The number of hydrogen-bond donors (Lipinski definition) is 1. The van der Waals surface area contributed by atoms with Gasteiger partial charge in [-0.25, -0.2) is 8.42 Å². The minimum Gasteiger partial charge on any atom is -0.507 e. The molecule has 0 amide bonds. The van der Waals surface area contributed by atoms with Gasteiger partial charge in [-0.3, -0.25) is 0 Å². The second kappa shape index (κ2) is 6.66. The summed E-state index contributed by atoms with van der Waals surface area (Å²) in [6, 6.07) is 12.2. The average molecular weight is 389 g/mol. The molecule has 0 radical (unpaired) electrons. The highest BCUT2D eigenvalue weighted by molar-refractivity contribution is 7.92. The van der Waals surface area contributed by atoms with Crippen LogP contribution < -0.4 is 0 Å². The molecule has 0 saturated heterocycles. The predicted octanol–water partition coefficient (Wildman–Crippen LogP) is 5.70. The first kappa shape index (κ1) is 21.5. The molecule has 4 heteroatoms. The Morgan fingerprint density at radius 2 is 1.15 bits per heavy atom. The van der Waals surface area contributed by atoms with Crippen molar-refractivity contribution in [3.8, 4) is 5.75 Å². The van der Waals surface area contributed by atoms with Crippen molar-refractivity contribution >= 4 is 9.84 Å². The summed E-state index contributed by atoms with van der Waals surface area (Å²) < 4.78 is 25.7. The third kappa shape index (κ3) is 3.91. The SMILES string of the molecule is CC(C)(C)c1cc(C(C)(C)S(=O)(=O)c2ccccc2)cc(C(C)(C)C)c1O. The van der Waals surface area contributed by atoms with Crippen molar-refractivity contribution in [1.29, 1.82) is 0 Å². The molecule has 3 nitrogen and oxygen atoms in total. The van der Waals surface area contributed by atoms with E-state index in [4.69, 9.17) is 0 Å². The Bertz CT molecular complexity index is 891. The maximum Gasteiger partial charge on any atom is 0.187 e. The second-order valence-corrected chi connectivity index (χ2v) is 12.2. The number of rotatable bonds is 3. The molecule has 0 unspecified atom stereocenters. The van der Waals surface area contributed by atoms with Crippen molar-refractivity contribution in [2.24, 2.45) is 0 Å². The first-order valence-corrected chi connectivity index (χ1v) is 10.8. The van der Waals surface area contributed by atoms with E-state index in [0.717, 1.165) is 11.1 Å². The van der Waals surface area contributed by atoms with Crippen LogP contribution in [0, 0.1) is 0 Å². The van der Waals surface area contributed by atoms with Crippen molar-refractivity contribution in [2.45, 2.75) is 75.9 Å². The van der Waals surface area contributed by atoms with Gasteiger partial charge in [-0.05, 0) is 65.6 Å². The Hall–Kier alpha value is -1.81. The van der Waals surface area contributed by atoms with Crippen LogP contribution >= 0.6 is 0 Å². The number of phenols is 1. The lowest BCUT2D eigenvalue weighted by atomic mass is 9.77. The summed E-state index contributed by atoms with van der Waals surface area (Å²) in [5, 5.41) is 10.9. The summed E-state index contributed by atoms with van der Waals surface area (Å²) in [6.45, 7) is 15.6. The zero-order valence-corrected chi connectivity index (χ0v) is 18.5. The van der Waals surface area contributed by atoms with E-state index in [-0.39, 0.29) is 16.6 Å². The number of benzene rings is 2. The Balaban J connectivity index is 2.81. The molecular formula is C23H32O3S. The average Bonchev–Trinajstić information content (AvgIpc) is 2.53. The molecule has 1 N–H and O–H groups in total. The lowest BCUT2D eigenvalue weighted by molar-refractivity contribution is 0.421. The molecule has 0 bridgehead atoms. The fourth-order valence-electron chi connectivity index (χ4n) is 3.17. The zero-order valence-electron chi connectivity index (χ0n) is 17.7. The molecule has 0 atom stereocenters. The van der Waals surface area contributed by atoms with Gasteiger partial charge >= 0.3 is 0 Å². The molecule has 0 aliphatic carbocycles. The van der Waals surface area contributed by atoms with E-state index in [2.05, 4.69) is 0 Å². The zero-order chi connectivity index (χ0) is 20.8. The standard InChI is InChI=1S/C23H32O3S/c1-21(2,3)18-14-16(15-19(20(18)24)22(4,5)6)23(7,8)27(25,26)17-12-10-9-11-13-17/h9-15,24H,1-8H3. The van der Waals surface area contributed by atoms with Crippen LogP contribution in [0.1, 0.15) is 72.1 Å². The highest BCUT2D eigenvalue weighted by Crippen LogP contribution is 2.44. The number of aromatic hydroxyl groups is 1. The van der Waals surface area contributed by atoms with Crippen LogP contribution in [-0.4, -0.2) is 13.5 Å². The van der Waals surface area contributed by atoms with Gasteiger partial charge in [0.05, 0.1) is 9.64 Å². The van der Waals surface area contributed by atoms with Gasteiger partial charge in [-0.1, -0.05) is 59.7 Å². The summed E-state index contributed by atoms with van der Waals surface area (Å²) >= 11 is 0. The van der Waals surface area contributed by atoms with E-state index >= 15 is 0 Å². The quantitative estimate of drug-likeness (QED) is 0.734. The van der Waals surface area contributed by atoms with Gasteiger partial charge in [0.25, 0.3) is 0 Å². The third-order valence-electron chi connectivity index (χ3n) is 5.15. The molecule has 148 valence electrons. The Morgan fingerprint density at radius 1 is 0.741 bits per heavy atom. The van der Waals surface area contributed by atoms with Crippen molar-refractivity contribution in [3.05, 3.63) is 59.2 Å². The Labute approximate surface area is 164 Å². The molecular weight excluding hydrogens is 356 g/mol. The topological polar surface area (TPSA) is 54.4 Å². The Morgan fingerprint density at radius 3 is 1.52 bits per heavy atom. The highest BCUT2D eigenvalue weighted by Gasteiger charge is 2.39. The molecule has 0 aliphatic rings. The van der Waals surface area contributed by atoms with E-state index < -0.39 is 14.6 Å². The van der Waals surface area contributed by atoms with Gasteiger partial charge in [0.1, 0.15) is 5.75 Å². The lowest BCUT2D eigenvalue weighted by Gasteiger charge is -2.32. The summed E-state index contributed by atoms with van der Waals surface area (Å²) in [5.41, 5.74) is 1.60. The monoisotopic (exact) mass is 388 g/mol. The fraction of sp³-hybridized carbons (Fsp3) is 0.478. The summed E-state index contributed by atoms with van der Waals surface area (Å²) in [6.07, 6.45) is 0. The van der Waals surface area contributed by atoms with Gasteiger partial charge in [0.2, 0.25) is 0 Å². The van der Waals surface area contributed by atoms with Gasteiger partial charge in [0.15, 0.2) is 9.84 Å². The fourth-order valence-corrected chi connectivity index (χ4v) is 4.71. The highest BCUT2D eigenvalue weighted by atomic mass is 32.2. The normalized spacial score (nSPS) is 13.6. The van der Waals surface area contributed by atoms with Crippen LogP contribution in [0.2, 0.25) is 0 Å².